The molecule has 0 aliphatic rings. The summed E-state index contributed by atoms with van der Waals surface area (Å²) in [5.74, 6) is -2.19. The molecule has 0 aromatic heterocycles. The second kappa shape index (κ2) is 5.40. The van der Waals surface area contributed by atoms with Crippen molar-refractivity contribution >= 4 is 23.3 Å². The molecule has 6 heteroatoms. The number of amides is 1. The van der Waals surface area contributed by atoms with Gasteiger partial charge in [-0.25, -0.2) is 9.18 Å². The maximum Gasteiger partial charge on any atom is 0.335 e. The van der Waals surface area contributed by atoms with E-state index in [9.17, 15) is 14.0 Å². The predicted molar refractivity (Wildman–Crippen MR) is 72.2 cm³/mol. The van der Waals surface area contributed by atoms with Crippen LogP contribution >= 0.6 is 0 Å². The van der Waals surface area contributed by atoms with E-state index < -0.39 is 17.7 Å². The van der Waals surface area contributed by atoms with Gasteiger partial charge in [-0.2, -0.15) is 0 Å². The van der Waals surface area contributed by atoms with Crippen molar-refractivity contribution in [2.45, 2.75) is 0 Å². The molecule has 0 heterocycles. The predicted octanol–water partition coefficient (Wildman–Crippen LogP) is 2.36. The van der Waals surface area contributed by atoms with Crippen LogP contribution in [0.5, 0.6) is 0 Å². The fourth-order valence-electron chi connectivity index (χ4n) is 1.62. The zero-order chi connectivity index (χ0) is 14.7. The molecule has 0 aliphatic heterocycles. The smallest absolute Gasteiger partial charge is 0.335 e. The molecule has 0 bridgehead atoms. The van der Waals surface area contributed by atoms with Gasteiger partial charge < -0.3 is 16.2 Å². The Morgan fingerprint density at radius 1 is 1.10 bits per heavy atom. The lowest BCUT2D eigenvalue weighted by molar-refractivity contribution is 0.0696. The zero-order valence-corrected chi connectivity index (χ0v) is 10.3. The van der Waals surface area contributed by atoms with Crippen LogP contribution in [0.2, 0.25) is 0 Å². The molecule has 20 heavy (non-hydrogen) atoms. The second-order valence-corrected chi connectivity index (χ2v) is 4.08. The number of carbonyl (C=O) groups excluding carboxylic acids is 1. The summed E-state index contributed by atoms with van der Waals surface area (Å²) in [4.78, 5) is 22.7. The van der Waals surface area contributed by atoms with Gasteiger partial charge >= 0.3 is 5.97 Å². The van der Waals surface area contributed by atoms with Crippen LogP contribution in [-0.2, 0) is 0 Å². The average Bonchev–Trinajstić information content (AvgIpc) is 2.42. The number of nitrogen functional groups attached to an aromatic ring is 1. The molecule has 2 aromatic rings. The number of nitrogens with one attached hydrogen (secondary N) is 1. The minimum Gasteiger partial charge on any atom is -0.478 e. The van der Waals surface area contributed by atoms with Crippen LogP contribution in [-0.4, -0.2) is 17.0 Å². The number of halogens is 1. The van der Waals surface area contributed by atoms with E-state index in [0.29, 0.717) is 5.69 Å². The van der Waals surface area contributed by atoms with Crippen molar-refractivity contribution in [2.75, 3.05) is 11.1 Å². The first-order valence-electron chi connectivity index (χ1n) is 5.67. The zero-order valence-electron chi connectivity index (χ0n) is 10.3. The Labute approximate surface area is 113 Å². The number of carboxylic acid groups (broad SMARTS) is 1. The first-order chi connectivity index (χ1) is 9.47. The number of aromatic carboxylic acids is 1. The molecular weight excluding hydrogens is 263 g/mol. The summed E-state index contributed by atoms with van der Waals surface area (Å²) in [7, 11) is 0. The molecule has 0 spiro atoms. The lowest BCUT2D eigenvalue weighted by atomic mass is 10.1. The van der Waals surface area contributed by atoms with E-state index in [2.05, 4.69) is 5.32 Å². The van der Waals surface area contributed by atoms with E-state index in [1.54, 1.807) is 6.07 Å². The van der Waals surface area contributed by atoms with Gasteiger partial charge in [-0.05, 0) is 36.4 Å². The van der Waals surface area contributed by atoms with Gasteiger partial charge in [-0.1, -0.05) is 6.07 Å². The lowest BCUT2D eigenvalue weighted by Gasteiger charge is -2.07. The third-order valence-electron chi connectivity index (χ3n) is 2.63. The number of carbonyl (C=O) groups is 2. The fraction of sp³-hybridized carbons (Fsp3) is 0. The van der Waals surface area contributed by atoms with E-state index in [1.165, 1.54) is 30.3 Å². The van der Waals surface area contributed by atoms with Crippen LogP contribution in [0, 0.1) is 5.82 Å². The number of hydrogen-bond donors (Lipinski definition) is 3. The topological polar surface area (TPSA) is 92.4 Å². The summed E-state index contributed by atoms with van der Waals surface area (Å²) in [6.45, 7) is 0. The molecule has 4 N–H and O–H groups in total. The van der Waals surface area contributed by atoms with Crippen molar-refractivity contribution in [3.63, 3.8) is 0 Å². The minimum absolute atomic E-state index is 0.0569. The van der Waals surface area contributed by atoms with Gasteiger partial charge in [0.2, 0.25) is 0 Å². The van der Waals surface area contributed by atoms with E-state index in [1.807, 2.05) is 0 Å². The van der Waals surface area contributed by atoms with Gasteiger partial charge in [0, 0.05) is 11.3 Å². The molecule has 0 saturated carbocycles. The summed E-state index contributed by atoms with van der Waals surface area (Å²) in [5.41, 5.74) is 5.83. The normalized spacial score (nSPS) is 10.1. The van der Waals surface area contributed by atoms with Crippen molar-refractivity contribution < 1.29 is 19.1 Å². The molecule has 2 rings (SSSR count). The number of rotatable bonds is 3. The van der Waals surface area contributed by atoms with Crippen LogP contribution in [0.15, 0.2) is 42.5 Å². The third kappa shape index (κ3) is 2.92. The molecule has 2 aromatic carbocycles. The van der Waals surface area contributed by atoms with Gasteiger partial charge in [0.15, 0.2) is 0 Å². The number of nitrogens with two attached hydrogens (primary N) is 1. The lowest BCUT2D eigenvalue weighted by Crippen LogP contribution is -2.13. The Morgan fingerprint density at radius 3 is 2.50 bits per heavy atom. The van der Waals surface area contributed by atoms with Crippen LogP contribution in [0.1, 0.15) is 20.7 Å². The Bertz CT molecular complexity index is 686. The summed E-state index contributed by atoms with van der Waals surface area (Å²) >= 11 is 0. The van der Waals surface area contributed by atoms with Gasteiger partial charge in [-0.15, -0.1) is 0 Å². The standard InChI is InChI=1S/C14H11FN2O3/c15-11-5-4-8(7-12(11)16)13(18)17-10-3-1-2-9(6-10)14(19)20/h1-7H,16H2,(H,17,18)(H,19,20). The van der Waals surface area contributed by atoms with Crippen molar-refractivity contribution in [2.24, 2.45) is 0 Å². The number of anilines is 2. The minimum atomic E-state index is -1.09. The maximum absolute atomic E-state index is 13.0. The number of hydrogen-bond acceptors (Lipinski definition) is 3. The molecule has 0 fully saturated rings. The summed E-state index contributed by atoms with van der Waals surface area (Å²) in [6.07, 6.45) is 0. The Morgan fingerprint density at radius 2 is 1.85 bits per heavy atom. The Hall–Kier alpha value is -2.89. The van der Waals surface area contributed by atoms with Crippen LogP contribution in [0.25, 0.3) is 0 Å². The summed E-state index contributed by atoms with van der Waals surface area (Å²) in [6, 6.07) is 9.40. The maximum atomic E-state index is 13.0. The number of carboxylic acids is 1. The monoisotopic (exact) mass is 274 g/mol. The van der Waals surface area contributed by atoms with Gasteiger partial charge in [0.1, 0.15) is 5.82 Å². The first-order valence-corrected chi connectivity index (χ1v) is 5.67. The molecule has 0 unspecified atom stereocenters. The molecule has 102 valence electrons. The molecule has 5 nitrogen and oxygen atoms in total. The third-order valence-corrected chi connectivity index (χ3v) is 2.63. The highest BCUT2D eigenvalue weighted by Crippen LogP contribution is 2.15. The van der Waals surface area contributed by atoms with Crippen LogP contribution < -0.4 is 11.1 Å². The average molecular weight is 274 g/mol. The second-order valence-electron chi connectivity index (χ2n) is 4.08. The van der Waals surface area contributed by atoms with Crippen LogP contribution in [0.3, 0.4) is 0 Å². The fourth-order valence-corrected chi connectivity index (χ4v) is 1.62. The van der Waals surface area contributed by atoms with Gasteiger partial charge in [0.25, 0.3) is 5.91 Å². The SMILES string of the molecule is Nc1cc(C(=O)Nc2cccc(C(=O)O)c2)ccc1F. The highest BCUT2D eigenvalue weighted by Gasteiger charge is 2.10. The van der Waals surface area contributed by atoms with E-state index >= 15 is 0 Å². The Kier molecular flexibility index (Phi) is 3.65. The van der Waals surface area contributed by atoms with E-state index in [0.717, 1.165) is 6.07 Å². The molecule has 1 amide bonds. The molecule has 0 atom stereocenters. The Balaban J connectivity index is 2.21. The molecule has 0 aliphatic carbocycles. The number of benzene rings is 2. The molecular formula is C14H11FN2O3. The largest absolute Gasteiger partial charge is 0.478 e. The van der Waals surface area contributed by atoms with Crippen molar-refractivity contribution in [1.82, 2.24) is 0 Å². The summed E-state index contributed by atoms with van der Waals surface area (Å²) < 4.78 is 13.0. The van der Waals surface area contributed by atoms with Crippen molar-refractivity contribution in [3.05, 3.63) is 59.4 Å². The highest BCUT2D eigenvalue weighted by molar-refractivity contribution is 6.05. The molecule has 0 saturated heterocycles. The first kappa shape index (κ1) is 13.5. The summed E-state index contributed by atoms with van der Waals surface area (Å²) in [5, 5.41) is 11.4. The van der Waals surface area contributed by atoms with Crippen LogP contribution in [0.4, 0.5) is 15.8 Å². The van der Waals surface area contributed by atoms with Crippen molar-refractivity contribution in [1.29, 1.82) is 0 Å². The van der Waals surface area contributed by atoms with Gasteiger partial charge in [-0.3, -0.25) is 4.79 Å². The van der Waals surface area contributed by atoms with Gasteiger partial charge in [0.05, 0.1) is 11.3 Å². The van der Waals surface area contributed by atoms with Crippen molar-refractivity contribution in [3.8, 4) is 0 Å². The van der Waals surface area contributed by atoms with E-state index in [4.69, 9.17) is 10.8 Å². The quantitative estimate of drug-likeness (QED) is 0.749. The molecule has 0 radical (unpaired) electrons. The highest BCUT2D eigenvalue weighted by atomic mass is 19.1. The van der Waals surface area contributed by atoms with E-state index in [-0.39, 0.29) is 16.8 Å².